The summed E-state index contributed by atoms with van der Waals surface area (Å²) in [7, 11) is -4.47. The Morgan fingerprint density at radius 1 is 1.04 bits per heavy atom. The number of unbranched alkanes of at least 4 members (excludes halogenated alkanes) is 4. The Labute approximate surface area is 296 Å². The van der Waals surface area contributed by atoms with Gasteiger partial charge in [-0.05, 0) is 55.4 Å². The summed E-state index contributed by atoms with van der Waals surface area (Å²) in [6.45, 7) is 2.31. The summed E-state index contributed by atoms with van der Waals surface area (Å²) in [4.78, 5) is 53.5. The number of para-hydroxylation sites is 1. The Morgan fingerprint density at radius 2 is 1.78 bits per heavy atom. The van der Waals surface area contributed by atoms with E-state index in [0.717, 1.165) is 19.3 Å². The minimum atomic E-state index is -4.47. The molecule has 0 aromatic heterocycles. The van der Waals surface area contributed by atoms with E-state index < -0.39 is 51.9 Å². The number of halogens is 1. The van der Waals surface area contributed by atoms with Gasteiger partial charge in [-0.15, -0.1) is 0 Å². The number of aliphatic hydroxyl groups excluding tert-OH is 1. The molecule has 0 bridgehead atoms. The van der Waals surface area contributed by atoms with Gasteiger partial charge in [0.25, 0.3) is 15.9 Å². The standard InChI is InChI=1S/C35H46FN5O9S/c1-2-23-18-35(23,39-32(45)28-17-24(19-37-28)50-34(47)41-20-22-11-10-12-26(36)25(22)21-41)33(46)40-51(48,49)29-14-9-8-13-27(29)38-30(42)15-6-4-3-5-7-16-31(43)44/h8-14,23-24,28,31,37,43-44H,2-7,15-21H2,1H3,(H,38,42)(H,39,45)(H,40,46)/t23-,24-,28+,35-/m1/s1. The summed E-state index contributed by atoms with van der Waals surface area (Å²) < 4.78 is 48.8. The minimum Gasteiger partial charge on any atom is -0.445 e. The van der Waals surface area contributed by atoms with Crippen LogP contribution in [-0.2, 0) is 42.2 Å². The predicted octanol–water partition coefficient (Wildman–Crippen LogP) is 2.78. The number of nitrogens with zero attached hydrogens (tertiary/aromatic N) is 1. The molecule has 14 nitrogen and oxygen atoms in total. The first-order valence-electron chi connectivity index (χ1n) is 17.4. The number of carbonyl (C=O) groups excluding carboxylic acids is 4. The Balaban J connectivity index is 1.13. The zero-order valence-electron chi connectivity index (χ0n) is 28.5. The molecule has 0 unspecified atom stereocenters. The van der Waals surface area contributed by atoms with E-state index in [1.54, 1.807) is 18.2 Å². The number of ether oxygens (including phenoxy) is 1. The number of hydrogen-bond donors (Lipinski definition) is 6. The summed E-state index contributed by atoms with van der Waals surface area (Å²) in [6, 6.07) is 9.60. The van der Waals surface area contributed by atoms with E-state index in [-0.39, 0.29) is 67.1 Å². The zero-order valence-corrected chi connectivity index (χ0v) is 29.3. The van der Waals surface area contributed by atoms with Gasteiger partial charge < -0.3 is 30.9 Å². The van der Waals surface area contributed by atoms with Crippen molar-refractivity contribution >= 4 is 39.5 Å². The highest BCUT2D eigenvalue weighted by atomic mass is 32.2. The van der Waals surface area contributed by atoms with Crippen molar-refractivity contribution in [2.24, 2.45) is 5.92 Å². The number of rotatable bonds is 16. The Kier molecular flexibility index (Phi) is 12.3. The van der Waals surface area contributed by atoms with Crippen LogP contribution in [0.15, 0.2) is 47.4 Å². The monoisotopic (exact) mass is 731 g/mol. The molecule has 4 amide bonds. The first-order valence-corrected chi connectivity index (χ1v) is 18.9. The highest BCUT2D eigenvalue weighted by molar-refractivity contribution is 7.90. The average molecular weight is 732 g/mol. The van der Waals surface area contributed by atoms with Crippen molar-refractivity contribution in [2.75, 3.05) is 11.9 Å². The molecular weight excluding hydrogens is 685 g/mol. The fourth-order valence-electron chi connectivity index (χ4n) is 6.77. The fraction of sp³-hybridized carbons (Fsp3) is 0.543. The Bertz CT molecular complexity index is 1720. The summed E-state index contributed by atoms with van der Waals surface area (Å²) >= 11 is 0. The molecular formula is C35H46FN5O9S. The number of carbonyl (C=O) groups is 4. The van der Waals surface area contributed by atoms with E-state index in [9.17, 15) is 32.0 Å². The van der Waals surface area contributed by atoms with Gasteiger partial charge >= 0.3 is 6.09 Å². The van der Waals surface area contributed by atoms with Crippen LogP contribution in [0.2, 0.25) is 0 Å². The summed E-state index contributed by atoms with van der Waals surface area (Å²) in [5.74, 6) is -2.51. The van der Waals surface area contributed by atoms with Gasteiger partial charge in [-0.1, -0.05) is 56.9 Å². The van der Waals surface area contributed by atoms with Crippen molar-refractivity contribution in [2.45, 2.75) is 113 Å². The van der Waals surface area contributed by atoms with E-state index in [1.165, 1.54) is 29.2 Å². The third-order valence-corrected chi connectivity index (χ3v) is 11.1. The smallest absolute Gasteiger partial charge is 0.410 e. The van der Waals surface area contributed by atoms with Gasteiger partial charge in [-0.3, -0.25) is 19.3 Å². The van der Waals surface area contributed by atoms with Gasteiger partial charge in [0, 0.05) is 31.5 Å². The molecule has 1 saturated heterocycles. The number of anilines is 1. The number of fused-ring (bicyclic) bond motifs is 1. The number of sulfonamides is 1. The van der Waals surface area contributed by atoms with Gasteiger partial charge in [0.1, 0.15) is 22.4 Å². The van der Waals surface area contributed by atoms with Crippen molar-refractivity contribution in [3.8, 4) is 0 Å². The predicted molar refractivity (Wildman–Crippen MR) is 183 cm³/mol. The van der Waals surface area contributed by atoms with Crippen LogP contribution in [0.4, 0.5) is 14.9 Å². The number of hydrogen-bond acceptors (Lipinski definition) is 10. The van der Waals surface area contributed by atoms with Crippen molar-refractivity contribution < 1.29 is 46.9 Å². The molecule has 2 fully saturated rings. The largest absolute Gasteiger partial charge is 0.445 e. The Hall–Kier alpha value is -4.12. The van der Waals surface area contributed by atoms with Crippen molar-refractivity contribution in [3.63, 3.8) is 0 Å². The lowest BCUT2D eigenvalue weighted by molar-refractivity contribution is -0.130. The van der Waals surface area contributed by atoms with E-state index in [0.29, 0.717) is 36.8 Å². The van der Waals surface area contributed by atoms with Crippen LogP contribution < -0.4 is 20.7 Å². The van der Waals surface area contributed by atoms with Crippen molar-refractivity contribution in [1.29, 1.82) is 0 Å². The first-order chi connectivity index (χ1) is 24.3. The van der Waals surface area contributed by atoms with E-state index in [4.69, 9.17) is 14.9 Å². The minimum absolute atomic E-state index is 0.0133. The molecule has 1 saturated carbocycles. The molecule has 16 heteroatoms. The van der Waals surface area contributed by atoms with E-state index in [2.05, 4.69) is 20.7 Å². The highest BCUT2D eigenvalue weighted by Crippen LogP contribution is 2.46. The van der Waals surface area contributed by atoms with Crippen LogP contribution in [0, 0.1) is 11.7 Å². The molecule has 51 heavy (non-hydrogen) atoms. The number of amides is 4. The molecule has 2 aliphatic heterocycles. The number of aliphatic hydroxyl groups is 2. The van der Waals surface area contributed by atoms with Gasteiger partial charge in [0.2, 0.25) is 11.8 Å². The summed E-state index contributed by atoms with van der Waals surface area (Å²) in [5, 5.41) is 26.2. The van der Waals surface area contributed by atoms with Crippen LogP contribution in [0.3, 0.4) is 0 Å². The SMILES string of the molecule is CC[C@@H]1C[C@]1(NC(=O)[C@@H]1C[C@@H](OC(=O)N2Cc3cccc(F)c3C2)CN1)C(=O)NS(=O)(=O)c1ccccc1NC(=O)CCCCCCCC(O)O. The molecule has 6 N–H and O–H groups in total. The molecule has 2 heterocycles. The second-order valence-corrected chi connectivity index (χ2v) is 15.1. The zero-order chi connectivity index (χ0) is 36.8. The molecule has 2 aromatic rings. The second kappa shape index (κ2) is 16.5. The average Bonchev–Trinajstić information content (AvgIpc) is 3.37. The van der Waals surface area contributed by atoms with Crippen molar-refractivity contribution in [1.82, 2.24) is 20.3 Å². The maximum atomic E-state index is 14.1. The number of benzene rings is 2. The lowest BCUT2D eigenvalue weighted by atomic mass is 10.1. The molecule has 5 rings (SSSR count). The molecule has 2 aromatic carbocycles. The maximum Gasteiger partial charge on any atom is 0.410 e. The van der Waals surface area contributed by atoms with Crippen LogP contribution in [0.25, 0.3) is 0 Å². The highest BCUT2D eigenvalue weighted by Gasteiger charge is 2.61. The van der Waals surface area contributed by atoms with E-state index in [1.807, 2.05) is 6.92 Å². The van der Waals surface area contributed by atoms with Crippen LogP contribution in [0.1, 0.15) is 82.3 Å². The topological polar surface area (TPSA) is 203 Å². The normalized spacial score (nSPS) is 22.4. The van der Waals surface area contributed by atoms with Crippen molar-refractivity contribution in [3.05, 3.63) is 59.4 Å². The third kappa shape index (κ3) is 9.41. The first kappa shape index (κ1) is 38.1. The number of nitrogens with one attached hydrogen (secondary N) is 4. The van der Waals surface area contributed by atoms with Crippen LogP contribution >= 0.6 is 0 Å². The van der Waals surface area contributed by atoms with Gasteiger partial charge in [-0.25, -0.2) is 22.3 Å². The maximum absolute atomic E-state index is 14.1. The molecule has 0 radical (unpaired) electrons. The molecule has 278 valence electrons. The lowest BCUT2D eigenvalue weighted by Gasteiger charge is -2.22. The molecule has 0 spiro atoms. The van der Waals surface area contributed by atoms with Gasteiger partial charge in [-0.2, -0.15) is 0 Å². The van der Waals surface area contributed by atoms with Gasteiger partial charge in [0.05, 0.1) is 18.3 Å². The Morgan fingerprint density at radius 3 is 2.51 bits per heavy atom. The quantitative estimate of drug-likeness (QED) is 0.110. The van der Waals surface area contributed by atoms with Crippen LogP contribution in [0.5, 0.6) is 0 Å². The lowest BCUT2D eigenvalue weighted by Crippen LogP contribution is -2.55. The second-order valence-electron chi connectivity index (χ2n) is 13.5. The molecule has 3 aliphatic rings. The molecule has 4 atom stereocenters. The van der Waals surface area contributed by atoms with Gasteiger partial charge in [0.15, 0.2) is 6.29 Å². The fourth-order valence-corrected chi connectivity index (χ4v) is 7.97. The summed E-state index contributed by atoms with van der Waals surface area (Å²) in [5.41, 5.74) is -0.297. The van der Waals surface area contributed by atoms with Crippen LogP contribution in [-0.4, -0.2) is 77.9 Å². The third-order valence-electron chi connectivity index (χ3n) is 9.75. The van der Waals surface area contributed by atoms with E-state index >= 15 is 0 Å². The summed E-state index contributed by atoms with van der Waals surface area (Å²) in [6.07, 6.45) is 2.30. The molecule has 1 aliphatic carbocycles.